The number of benzene rings is 2. The normalized spacial score (nSPS) is 10.8. The van der Waals surface area contributed by atoms with Gasteiger partial charge in [0, 0.05) is 0 Å². The van der Waals surface area contributed by atoms with Crippen LogP contribution in [0, 0.1) is 0 Å². The van der Waals surface area contributed by atoms with Gasteiger partial charge in [-0.05, 0) is 24.3 Å². The second-order valence-electron chi connectivity index (χ2n) is 4.84. The molecule has 6 heteroatoms. The lowest BCUT2D eigenvalue weighted by Gasteiger charge is -2.07. The van der Waals surface area contributed by atoms with Gasteiger partial charge in [-0.25, -0.2) is 14.6 Å². The van der Waals surface area contributed by atoms with Crippen LogP contribution in [-0.2, 0) is 0 Å². The number of halogens is 1. The van der Waals surface area contributed by atoms with Crippen LogP contribution in [0.4, 0.5) is 0 Å². The Labute approximate surface area is 137 Å². The molecule has 0 atom stereocenters. The lowest BCUT2D eigenvalue weighted by molar-refractivity contribution is 0.468. The number of aromatic nitrogens is 4. The minimum atomic E-state index is 0.422. The Morgan fingerprint density at radius 2 is 1.70 bits per heavy atom. The summed E-state index contributed by atoms with van der Waals surface area (Å²) in [7, 11) is 0. The molecule has 0 aliphatic heterocycles. The van der Waals surface area contributed by atoms with Crippen molar-refractivity contribution in [3.63, 3.8) is 0 Å². The molecule has 0 unspecified atom stereocenters. The highest BCUT2D eigenvalue weighted by molar-refractivity contribution is 6.32. The van der Waals surface area contributed by atoms with Gasteiger partial charge in [-0.15, -0.1) is 0 Å². The summed E-state index contributed by atoms with van der Waals surface area (Å²) in [6, 6.07) is 17.0. The van der Waals surface area contributed by atoms with E-state index in [1.165, 1.54) is 6.33 Å². The number of nitrogens with zero attached hydrogens (tertiary/aromatic N) is 4. The number of rotatable bonds is 3. The lowest BCUT2D eigenvalue weighted by Crippen LogP contribution is -1.98. The Balaban J connectivity index is 1.81. The second kappa shape index (κ2) is 5.70. The second-order valence-corrected chi connectivity index (χ2v) is 5.25. The molecule has 4 rings (SSSR count). The number of ether oxygens (including phenoxy) is 1. The van der Waals surface area contributed by atoms with Crippen LogP contribution in [0.5, 0.6) is 11.6 Å². The maximum absolute atomic E-state index is 6.14. The summed E-state index contributed by atoms with van der Waals surface area (Å²) < 4.78 is 7.58. The Bertz CT molecular complexity index is 969. The molecule has 23 heavy (non-hydrogen) atoms. The molecule has 0 aliphatic carbocycles. The maximum Gasteiger partial charge on any atom is 0.233 e. The quantitative estimate of drug-likeness (QED) is 0.565. The van der Waals surface area contributed by atoms with Crippen molar-refractivity contribution in [1.82, 2.24) is 19.7 Å². The van der Waals surface area contributed by atoms with Crippen molar-refractivity contribution in [2.24, 2.45) is 0 Å². The van der Waals surface area contributed by atoms with Gasteiger partial charge in [0.2, 0.25) is 5.88 Å². The van der Waals surface area contributed by atoms with Gasteiger partial charge in [0.1, 0.15) is 17.5 Å². The lowest BCUT2D eigenvalue weighted by atomic mass is 10.3. The Morgan fingerprint density at radius 3 is 2.52 bits per heavy atom. The smallest absolute Gasteiger partial charge is 0.233 e. The van der Waals surface area contributed by atoms with Crippen molar-refractivity contribution >= 4 is 22.6 Å². The Hall–Kier alpha value is -2.92. The molecule has 0 aliphatic rings. The average molecular weight is 323 g/mol. The van der Waals surface area contributed by atoms with Crippen LogP contribution in [0.3, 0.4) is 0 Å². The first kappa shape index (κ1) is 13.7. The molecule has 0 bridgehead atoms. The predicted molar refractivity (Wildman–Crippen MR) is 88.2 cm³/mol. The van der Waals surface area contributed by atoms with Gasteiger partial charge < -0.3 is 4.74 Å². The molecule has 2 aromatic heterocycles. The molecule has 4 aromatic rings. The summed E-state index contributed by atoms with van der Waals surface area (Å²) in [6.45, 7) is 0. The van der Waals surface area contributed by atoms with Crippen molar-refractivity contribution in [3.8, 4) is 17.3 Å². The third-order valence-electron chi connectivity index (χ3n) is 3.37. The standard InChI is InChI=1S/C17H11ClN4O/c18-14-8-4-5-9-15(14)23-17-13-10-21-22(16(13)19-11-20-17)12-6-2-1-3-7-12/h1-11H. The van der Waals surface area contributed by atoms with Crippen molar-refractivity contribution < 1.29 is 4.74 Å². The highest BCUT2D eigenvalue weighted by Gasteiger charge is 2.13. The third-order valence-corrected chi connectivity index (χ3v) is 3.69. The first-order chi connectivity index (χ1) is 11.3. The van der Waals surface area contributed by atoms with E-state index in [1.54, 1.807) is 23.0 Å². The van der Waals surface area contributed by atoms with Crippen molar-refractivity contribution in [3.05, 3.63) is 72.1 Å². The molecule has 0 saturated carbocycles. The first-order valence-corrected chi connectivity index (χ1v) is 7.37. The summed E-state index contributed by atoms with van der Waals surface area (Å²) in [4.78, 5) is 8.52. The van der Waals surface area contributed by atoms with E-state index in [4.69, 9.17) is 16.3 Å². The molecule has 2 heterocycles. The molecule has 0 fully saturated rings. The SMILES string of the molecule is Clc1ccccc1Oc1ncnc2c1cnn2-c1ccccc1. The molecule has 0 radical (unpaired) electrons. The number of hydrogen-bond acceptors (Lipinski definition) is 4. The number of para-hydroxylation sites is 2. The van der Waals surface area contributed by atoms with Crippen LogP contribution < -0.4 is 4.74 Å². The molecule has 0 spiro atoms. The fourth-order valence-corrected chi connectivity index (χ4v) is 2.47. The van der Waals surface area contributed by atoms with Crippen molar-refractivity contribution in [2.75, 3.05) is 0 Å². The van der Waals surface area contributed by atoms with Crippen LogP contribution >= 0.6 is 11.6 Å². The zero-order chi connectivity index (χ0) is 15.6. The van der Waals surface area contributed by atoms with Crippen LogP contribution in [0.2, 0.25) is 5.02 Å². The van der Waals surface area contributed by atoms with Crippen molar-refractivity contribution in [1.29, 1.82) is 0 Å². The summed E-state index contributed by atoms with van der Waals surface area (Å²) in [5, 5.41) is 5.63. The molecule has 0 amide bonds. The minimum Gasteiger partial charge on any atom is -0.437 e. The van der Waals surface area contributed by atoms with Crippen LogP contribution in [0.25, 0.3) is 16.7 Å². The summed E-state index contributed by atoms with van der Waals surface area (Å²) in [5.74, 6) is 0.965. The van der Waals surface area contributed by atoms with Gasteiger partial charge in [0.25, 0.3) is 0 Å². The van der Waals surface area contributed by atoms with E-state index in [-0.39, 0.29) is 0 Å². The van der Waals surface area contributed by atoms with E-state index in [0.29, 0.717) is 22.3 Å². The van der Waals surface area contributed by atoms with E-state index in [0.717, 1.165) is 11.1 Å². The van der Waals surface area contributed by atoms with Crippen LogP contribution in [-0.4, -0.2) is 19.7 Å². The molecular weight excluding hydrogens is 312 g/mol. The summed E-state index contributed by atoms with van der Waals surface area (Å²) in [5.41, 5.74) is 1.60. The Kier molecular flexibility index (Phi) is 3.40. The zero-order valence-electron chi connectivity index (χ0n) is 11.9. The highest BCUT2D eigenvalue weighted by Crippen LogP contribution is 2.31. The van der Waals surface area contributed by atoms with Gasteiger partial charge in [-0.3, -0.25) is 0 Å². The number of fused-ring (bicyclic) bond motifs is 1. The van der Waals surface area contributed by atoms with Crippen LogP contribution in [0.1, 0.15) is 0 Å². The fraction of sp³-hybridized carbons (Fsp3) is 0. The van der Waals surface area contributed by atoms with E-state index in [9.17, 15) is 0 Å². The van der Waals surface area contributed by atoms with E-state index >= 15 is 0 Å². The van der Waals surface area contributed by atoms with E-state index in [1.807, 2.05) is 42.5 Å². The molecule has 112 valence electrons. The maximum atomic E-state index is 6.14. The van der Waals surface area contributed by atoms with Gasteiger partial charge in [0.05, 0.1) is 16.9 Å². The van der Waals surface area contributed by atoms with Gasteiger partial charge in [0.15, 0.2) is 5.65 Å². The largest absolute Gasteiger partial charge is 0.437 e. The highest BCUT2D eigenvalue weighted by atomic mass is 35.5. The van der Waals surface area contributed by atoms with Crippen molar-refractivity contribution in [2.45, 2.75) is 0 Å². The van der Waals surface area contributed by atoms with Crippen LogP contribution in [0.15, 0.2) is 67.1 Å². The van der Waals surface area contributed by atoms with Gasteiger partial charge in [-0.2, -0.15) is 5.10 Å². The molecular formula is C17H11ClN4O. The molecule has 0 saturated heterocycles. The zero-order valence-corrected chi connectivity index (χ0v) is 12.7. The minimum absolute atomic E-state index is 0.422. The monoisotopic (exact) mass is 322 g/mol. The molecule has 0 N–H and O–H groups in total. The summed E-state index contributed by atoms with van der Waals surface area (Å²) >= 11 is 6.14. The first-order valence-electron chi connectivity index (χ1n) is 6.99. The Morgan fingerprint density at radius 1 is 0.913 bits per heavy atom. The topological polar surface area (TPSA) is 52.8 Å². The number of hydrogen-bond donors (Lipinski definition) is 0. The van der Waals surface area contributed by atoms with E-state index < -0.39 is 0 Å². The predicted octanol–water partition coefficient (Wildman–Crippen LogP) is 4.26. The van der Waals surface area contributed by atoms with E-state index in [2.05, 4.69) is 15.1 Å². The molecule has 2 aromatic carbocycles. The summed E-state index contributed by atoms with van der Waals surface area (Å²) in [6.07, 6.45) is 3.14. The van der Waals surface area contributed by atoms with Gasteiger partial charge in [-0.1, -0.05) is 41.9 Å². The average Bonchev–Trinajstić information content (AvgIpc) is 3.03. The van der Waals surface area contributed by atoms with Gasteiger partial charge >= 0.3 is 0 Å². The third kappa shape index (κ3) is 2.51. The molecule has 5 nitrogen and oxygen atoms in total. The fourth-order valence-electron chi connectivity index (χ4n) is 2.29.